The molecule has 0 spiro atoms. The highest BCUT2D eigenvalue weighted by atomic mass is 16.6. The van der Waals surface area contributed by atoms with Crippen LogP contribution in [0.2, 0.25) is 0 Å². The number of allylic oxidation sites excluding steroid dienone is 1. The molecule has 96 valence electrons. The standard InChI is InChI=1S/C7H12O2.C6H8O2/c1-5-6(8)9-7(2,3)4;1-2-4-3-5(4)6(7)8/h5H,1H2,2-4H3;2,4-5H,1,3H2,(H,7,8). The zero-order valence-corrected chi connectivity index (χ0v) is 10.6. The van der Waals surface area contributed by atoms with E-state index in [-0.39, 0.29) is 17.8 Å². The highest BCUT2D eigenvalue weighted by Crippen LogP contribution is 2.38. The van der Waals surface area contributed by atoms with Gasteiger partial charge in [-0.3, -0.25) is 4.79 Å². The van der Waals surface area contributed by atoms with Crippen LogP contribution in [0.5, 0.6) is 0 Å². The fourth-order valence-corrected chi connectivity index (χ4v) is 1.10. The fraction of sp³-hybridized carbons (Fsp3) is 0.538. The molecule has 1 fully saturated rings. The molecule has 0 bridgehead atoms. The monoisotopic (exact) mass is 240 g/mol. The zero-order chi connectivity index (χ0) is 13.6. The van der Waals surface area contributed by atoms with Gasteiger partial charge in [0.25, 0.3) is 0 Å². The van der Waals surface area contributed by atoms with Crippen LogP contribution in [-0.2, 0) is 14.3 Å². The molecule has 1 aliphatic rings. The van der Waals surface area contributed by atoms with Crippen LogP contribution < -0.4 is 0 Å². The number of hydrogen-bond acceptors (Lipinski definition) is 3. The van der Waals surface area contributed by atoms with E-state index in [1.807, 2.05) is 20.8 Å². The SMILES string of the molecule is C=CC(=O)OC(C)(C)C.C=CC1CC1C(=O)O. The van der Waals surface area contributed by atoms with Crippen LogP contribution >= 0.6 is 0 Å². The minimum Gasteiger partial charge on any atom is -0.481 e. The van der Waals surface area contributed by atoms with Gasteiger partial charge < -0.3 is 9.84 Å². The molecule has 1 saturated carbocycles. The van der Waals surface area contributed by atoms with Gasteiger partial charge in [-0.15, -0.1) is 6.58 Å². The highest BCUT2D eigenvalue weighted by molar-refractivity contribution is 5.81. The maximum atomic E-state index is 10.5. The summed E-state index contributed by atoms with van der Waals surface area (Å²) in [7, 11) is 0. The van der Waals surface area contributed by atoms with Gasteiger partial charge in [0.15, 0.2) is 0 Å². The van der Waals surface area contributed by atoms with Gasteiger partial charge in [0.1, 0.15) is 5.60 Å². The molecule has 0 aromatic rings. The lowest BCUT2D eigenvalue weighted by Crippen LogP contribution is -2.22. The van der Waals surface area contributed by atoms with E-state index < -0.39 is 11.6 Å². The molecule has 0 aliphatic heterocycles. The third-order valence-corrected chi connectivity index (χ3v) is 2.03. The molecule has 1 rings (SSSR count). The fourth-order valence-electron chi connectivity index (χ4n) is 1.10. The minimum atomic E-state index is -0.685. The number of carbonyl (C=O) groups excluding carboxylic acids is 1. The molecular weight excluding hydrogens is 220 g/mol. The van der Waals surface area contributed by atoms with Gasteiger partial charge in [-0.1, -0.05) is 12.7 Å². The summed E-state index contributed by atoms with van der Waals surface area (Å²) >= 11 is 0. The first-order chi connectivity index (χ1) is 7.71. The Labute approximate surface area is 102 Å². The Kier molecular flexibility index (Phi) is 5.65. The minimum absolute atomic E-state index is 0.118. The molecule has 0 heterocycles. The van der Waals surface area contributed by atoms with Gasteiger partial charge in [0.2, 0.25) is 0 Å². The van der Waals surface area contributed by atoms with E-state index in [0.717, 1.165) is 12.5 Å². The Balaban J connectivity index is 0.000000302. The van der Waals surface area contributed by atoms with E-state index in [1.165, 1.54) is 0 Å². The molecule has 0 aromatic carbocycles. The van der Waals surface area contributed by atoms with Crippen LogP contribution in [0, 0.1) is 11.8 Å². The summed E-state index contributed by atoms with van der Waals surface area (Å²) in [6, 6.07) is 0. The van der Waals surface area contributed by atoms with E-state index in [0.29, 0.717) is 0 Å². The van der Waals surface area contributed by atoms with E-state index >= 15 is 0 Å². The van der Waals surface area contributed by atoms with Crippen LogP contribution in [0.4, 0.5) is 0 Å². The number of carboxylic acid groups (broad SMARTS) is 1. The zero-order valence-electron chi connectivity index (χ0n) is 10.6. The lowest BCUT2D eigenvalue weighted by Gasteiger charge is -2.17. The largest absolute Gasteiger partial charge is 0.481 e. The lowest BCUT2D eigenvalue weighted by atomic mass is 10.2. The van der Waals surface area contributed by atoms with Crippen LogP contribution in [0.15, 0.2) is 25.3 Å². The maximum absolute atomic E-state index is 10.5. The summed E-state index contributed by atoms with van der Waals surface area (Å²) in [5.74, 6) is -0.919. The average molecular weight is 240 g/mol. The summed E-state index contributed by atoms with van der Waals surface area (Å²) in [4.78, 5) is 20.6. The first kappa shape index (κ1) is 15.4. The predicted octanol–water partition coefficient (Wildman–Crippen LogP) is 2.41. The number of rotatable bonds is 3. The Bertz CT molecular complexity index is 312. The molecule has 2 unspecified atom stereocenters. The lowest BCUT2D eigenvalue weighted by molar-refractivity contribution is -0.148. The molecule has 0 radical (unpaired) electrons. The number of esters is 1. The second-order valence-corrected chi connectivity index (χ2v) is 4.82. The van der Waals surface area contributed by atoms with Crippen molar-refractivity contribution in [3.05, 3.63) is 25.3 Å². The second kappa shape index (κ2) is 6.23. The molecule has 0 saturated heterocycles. The van der Waals surface area contributed by atoms with E-state index in [1.54, 1.807) is 6.08 Å². The number of ether oxygens (including phenoxy) is 1. The van der Waals surface area contributed by atoms with Crippen molar-refractivity contribution in [2.75, 3.05) is 0 Å². The molecular formula is C13H20O4. The summed E-state index contributed by atoms with van der Waals surface area (Å²) in [6.45, 7) is 12.2. The second-order valence-electron chi connectivity index (χ2n) is 4.82. The predicted molar refractivity (Wildman–Crippen MR) is 65.5 cm³/mol. The van der Waals surface area contributed by atoms with Crippen molar-refractivity contribution in [3.63, 3.8) is 0 Å². The van der Waals surface area contributed by atoms with E-state index in [2.05, 4.69) is 13.2 Å². The van der Waals surface area contributed by atoms with Crippen molar-refractivity contribution >= 4 is 11.9 Å². The van der Waals surface area contributed by atoms with Gasteiger partial charge >= 0.3 is 11.9 Å². The normalized spacial score (nSPS) is 21.6. The van der Waals surface area contributed by atoms with Gasteiger partial charge in [-0.05, 0) is 33.1 Å². The van der Waals surface area contributed by atoms with Crippen LogP contribution in [0.1, 0.15) is 27.2 Å². The van der Waals surface area contributed by atoms with Gasteiger partial charge in [0, 0.05) is 6.08 Å². The molecule has 4 nitrogen and oxygen atoms in total. The van der Waals surface area contributed by atoms with Crippen LogP contribution in [0.25, 0.3) is 0 Å². The molecule has 17 heavy (non-hydrogen) atoms. The Hall–Kier alpha value is -1.58. The Morgan fingerprint density at radius 3 is 2.00 bits per heavy atom. The van der Waals surface area contributed by atoms with Gasteiger partial charge in [-0.25, -0.2) is 4.79 Å². The van der Waals surface area contributed by atoms with Crippen LogP contribution in [-0.4, -0.2) is 22.6 Å². The molecule has 1 N–H and O–H groups in total. The summed E-state index contributed by atoms with van der Waals surface area (Å²) in [5.41, 5.74) is -0.398. The summed E-state index contributed by atoms with van der Waals surface area (Å²) in [6.07, 6.45) is 3.66. The number of carbonyl (C=O) groups is 2. The Morgan fingerprint density at radius 1 is 1.35 bits per heavy atom. The van der Waals surface area contributed by atoms with Crippen molar-refractivity contribution in [2.24, 2.45) is 11.8 Å². The third kappa shape index (κ3) is 7.33. The van der Waals surface area contributed by atoms with Crippen molar-refractivity contribution in [1.29, 1.82) is 0 Å². The van der Waals surface area contributed by atoms with Crippen molar-refractivity contribution in [3.8, 4) is 0 Å². The molecule has 1 aliphatic carbocycles. The van der Waals surface area contributed by atoms with Crippen molar-refractivity contribution in [2.45, 2.75) is 32.8 Å². The smallest absolute Gasteiger partial charge is 0.330 e. The van der Waals surface area contributed by atoms with Gasteiger partial charge in [0.05, 0.1) is 5.92 Å². The molecule has 0 amide bonds. The van der Waals surface area contributed by atoms with E-state index in [9.17, 15) is 9.59 Å². The number of aliphatic carboxylic acids is 1. The number of hydrogen-bond donors (Lipinski definition) is 1. The Morgan fingerprint density at radius 2 is 1.88 bits per heavy atom. The van der Waals surface area contributed by atoms with Gasteiger partial charge in [-0.2, -0.15) is 0 Å². The highest BCUT2D eigenvalue weighted by Gasteiger charge is 2.40. The summed E-state index contributed by atoms with van der Waals surface area (Å²) in [5, 5.41) is 8.31. The molecule has 4 heteroatoms. The topological polar surface area (TPSA) is 63.6 Å². The van der Waals surface area contributed by atoms with E-state index in [4.69, 9.17) is 9.84 Å². The first-order valence-corrected chi connectivity index (χ1v) is 5.42. The quantitative estimate of drug-likeness (QED) is 0.467. The maximum Gasteiger partial charge on any atom is 0.330 e. The summed E-state index contributed by atoms with van der Waals surface area (Å²) < 4.78 is 4.83. The van der Waals surface area contributed by atoms with Crippen LogP contribution in [0.3, 0.4) is 0 Å². The molecule has 0 aromatic heterocycles. The molecule has 2 atom stereocenters. The van der Waals surface area contributed by atoms with Crippen molar-refractivity contribution < 1.29 is 19.4 Å². The third-order valence-electron chi connectivity index (χ3n) is 2.03. The number of carboxylic acids is 1. The first-order valence-electron chi connectivity index (χ1n) is 5.42. The average Bonchev–Trinajstić information content (AvgIpc) is 2.94. The van der Waals surface area contributed by atoms with Crippen molar-refractivity contribution in [1.82, 2.24) is 0 Å².